The molecular formula is C19H37N7O5. The van der Waals surface area contributed by atoms with E-state index in [9.17, 15) is 19.2 Å². The van der Waals surface area contributed by atoms with Gasteiger partial charge in [0.15, 0.2) is 5.96 Å². The van der Waals surface area contributed by atoms with E-state index in [1.54, 1.807) is 13.8 Å². The molecule has 0 spiro atoms. The molecule has 0 aromatic carbocycles. The summed E-state index contributed by atoms with van der Waals surface area (Å²) in [4.78, 5) is 52.1. The van der Waals surface area contributed by atoms with Crippen molar-refractivity contribution < 1.29 is 24.3 Å². The summed E-state index contributed by atoms with van der Waals surface area (Å²) in [6, 6.07) is -2.70. The van der Waals surface area contributed by atoms with Gasteiger partial charge < -0.3 is 38.3 Å². The van der Waals surface area contributed by atoms with Crippen LogP contribution in [-0.2, 0) is 19.2 Å². The molecule has 0 saturated carbocycles. The highest BCUT2D eigenvalue weighted by atomic mass is 16.4. The third kappa shape index (κ3) is 12.4. The average molecular weight is 444 g/mol. The van der Waals surface area contributed by atoms with E-state index in [4.69, 9.17) is 22.3 Å². The highest BCUT2D eigenvalue weighted by molar-refractivity contribution is 5.93. The molecule has 0 aliphatic heterocycles. The summed E-state index contributed by atoms with van der Waals surface area (Å²) in [5.74, 6) is -3.08. The van der Waals surface area contributed by atoms with Crippen LogP contribution >= 0.6 is 0 Å². The standard InChI is InChI=1S/C19H37N7O5/c1-10(2)8-12(20)16(29)26-15(11(3)4)18(31)25-13(6-5-7-23-19(21)22)17(30)24-9-14(27)28/h10-13,15H,5-9,20H2,1-4H3,(H,24,30)(H,25,31)(H,26,29)(H,27,28)(H4,21,22,23). The van der Waals surface area contributed by atoms with Gasteiger partial charge in [-0.25, -0.2) is 0 Å². The first-order chi connectivity index (χ1) is 14.3. The van der Waals surface area contributed by atoms with Gasteiger partial charge in [0.05, 0.1) is 6.04 Å². The Bertz CT molecular complexity index is 648. The number of aliphatic carboxylic acids is 1. The first kappa shape index (κ1) is 28.1. The van der Waals surface area contributed by atoms with Gasteiger partial charge >= 0.3 is 5.97 Å². The van der Waals surface area contributed by atoms with Crippen LogP contribution in [-0.4, -0.2) is 66.0 Å². The first-order valence-corrected chi connectivity index (χ1v) is 10.3. The van der Waals surface area contributed by atoms with Crippen molar-refractivity contribution in [3.05, 3.63) is 0 Å². The molecule has 10 N–H and O–H groups in total. The van der Waals surface area contributed by atoms with Crippen LogP contribution < -0.4 is 33.2 Å². The second kappa shape index (κ2) is 14.2. The van der Waals surface area contributed by atoms with Crippen LogP contribution in [0.2, 0.25) is 0 Å². The van der Waals surface area contributed by atoms with Crippen molar-refractivity contribution in [3.63, 3.8) is 0 Å². The number of nitrogens with zero attached hydrogens (tertiary/aromatic N) is 1. The third-order valence-electron chi connectivity index (χ3n) is 4.30. The molecule has 0 aromatic heterocycles. The van der Waals surface area contributed by atoms with Crippen molar-refractivity contribution in [1.82, 2.24) is 16.0 Å². The molecule has 0 fully saturated rings. The van der Waals surface area contributed by atoms with Crippen molar-refractivity contribution >= 4 is 29.7 Å². The van der Waals surface area contributed by atoms with Crippen LogP contribution in [0.5, 0.6) is 0 Å². The predicted octanol–water partition coefficient (Wildman–Crippen LogP) is -1.76. The Morgan fingerprint density at radius 3 is 2.06 bits per heavy atom. The molecule has 0 rings (SSSR count). The number of rotatable bonds is 14. The topological polar surface area (TPSA) is 215 Å². The van der Waals surface area contributed by atoms with E-state index in [2.05, 4.69) is 20.9 Å². The molecule has 0 heterocycles. The van der Waals surface area contributed by atoms with Gasteiger partial charge in [-0.15, -0.1) is 0 Å². The maximum Gasteiger partial charge on any atom is 0.322 e. The minimum absolute atomic E-state index is 0.101. The number of amides is 3. The van der Waals surface area contributed by atoms with E-state index in [1.807, 2.05) is 13.8 Å². The maximum absolute atomic E-state index is 12.8. The molecule has 0 aliphatic carbocycles. The van der Waals surface area contributed by atoms with E-state index in [0.29, 0.717) is 12.8 Å². The molecule has 0 saturated heterocycles. The lowest BCUT2D eigenvalue weighted by atomic mass is 10.00. The first-order valence-electron chi connectivity index (χ1n) is 10.3. The number of guanidine groups is 1. The lowest BCUT2D eigenvalue weighted by molar-refractivity contribution is -0.138. The average Bonchev–Trinajstić information content (AvgIpc) is 2.64. The van der Waals surface area contributed by atoms with Crippen molar-refractivity contribution in [2.24, 2.45) is 34.0 Å². The Hall–Kier alpha value is -2.89. The van der Waals surface area contributed by atoms with Crippen molar-refractivity contribution in [1.29, 1.82) is 0 Å². The molecule has 3 amide bonds. The van der Waals surface area contributed by atoms with Crippen LogP contribution in [0.1, 0.15) is 47.0 Å². The summed E-state index contributed by atoms with van der Waals surface area (Å²) in [6.45, 7) is 7.00. The Kier molecular flexibility index (Phi) is 12.9. The number of hydrogen-bond acceptors (Lipinski definition) is 6. The second-order valence-corrected chi connectivity index (χ2v) is 8.09. The van der Waals surface area contributed by atoms with Crippen molar-refractivity contribution in [3.8, 4) is 0 Å². The fourth-order valence-electron chi connectivity index (χ4n) is 2.73. The quantitative estimate of drug-likeness (QED) is 0.0924. The number of nitrogens with one attached hydrogen (secondary N) is 3. The van der Waals surface area contributed by atoms with Crippen LogP contribution in [0, 0.1) is 11.8 Å². The lowest BCUT2D eigenvalue weighted by Gasteiger charge is -2.26. The monoisotopic (exact) mass is 443 g/mol. The fourth-order valence-corrected chi connectivity index (χ4v) is 2.73. The molecule has 12 heteroatoms. The minimum atomic E-state index is -1.22. The molecule has 3 atom stereocenters. The van der Waals surface area contributed by atoms with Gasteiger partial charge in [0.2, 0.25) is 17.7 Å². The van der Waals surface area contributed by atoms with E-state index in [-0.39, 0.29) is 30.8 Å². The number of carbonyl (C=O) groups is 4. The van der Waals surface area contributed by atoms with Gasteiger partial charge in [0, 0.05) is 6.54 Å². The van der Waals surface area contributed by atoms with E-state index in [1.165, 1.54) is 0 Å². The highest BCUT2D eigenvalue weighted by Gasteiger charge is 2.30. The molecule has 178 valence electrons. The summed E-state index contributed by atoms with van der Waals surface area (Å²) in [5.41, 5.74) is 16.4. The SMILES string of the molecule is CC(C)CC(N)C(=O)NC(C(=O)NC(CCCN=C(N)N)C(=O)NCC(=O)O)C(C)C. The molecule has 0 aromatic rings. The minimum Gasteiger partial charge on any atom is -0.480 e. The lowest BCUT2D eigenvalue weighted by Crippen LogP contribution is -2.57. The van der Waals surface area contributed by atoms with E-state index >= 15 is 0 Å². The normalized spacial score (nSPS) is 13.8. The highest BCUT2D eigenvalue weighted by Crippen LogP contribution is 2.08. The zero-order valence-electron chi connectivity index (χ0n) is 18.7. The summed E-state index contributed by atoms with van der Waals surface area (Å²) in [5, 5.41) is 16.2. The summed E-state index contributed by atoms with van der Waals surface area (Å²) in [6.07, 6.45) is 0.990. The molecule has 3 unspecified atom stereocenters. The third-order valence-corrected chi connectivity index (χ3v) is 4.30. The molecule has 12 nitrogen and oxygen atoms in total. The largest absolute Gasteiger partial charge is 0.480 e. The molecule has 31 heavy (non-hydrogen) atoms. The summed E-state index contributed by atoms with van der Waals surface area (Å²) >= 11 is 0. The summed E-state index contributed by atoms with van der Waals surface area (Å²) < 4.78 is 0. The van der Waals surface area contributed by atoms with Crippen LogP contribution in [0.15, 0.2) is 4.99 Å². The smallest absolute Gasteiger partial charge is 0.322 e. The second-order valence-electron chi connectivity index (χ2n) is 8.09. The zero-order valence-corrected chi connectivity index (χ0v) is 18.7. The van der Waals surface area contributed by atoms with Gasteiger partial charge in [-0.1, -0.05) is 27.7 Å². The van der Waals surface area contributed by atoms with Gasteiger partial charge in [0.1, 0.15) is 18.6 Å². The number of nitrogens with two attached hydrogens (primary N) is 3. The fraction of sp³-hybridized carbons (Fsp3) is 0.737. The number of hydrogen-bond donors (Lipinski definition) is 7. The molecule has 0 aliphatic rings. The van der Waals surface area contributed by atoms with E-state index in [0.717, 1.165) is 0 Å². The van der Waals surface area contributed by atoms with Gasteiger partial charge in [0.25, 0.3) is 0 Å². The number of aliphatic imine (C=N–C) groups is 1. The van der Waals surface area contributed by atoms with Crippen molar-refractivity contribution in [2.45, 2.75) is 65.1 Å². The molecular weight excluding hydrogens is 406 g/mol. The number of carbonyl (C=O) groups excluding carboxylic acids is 3. The Morgan fingerprint density at radius 2 is 1.58 bits per heavy atom. The van der Waals surface area contributed by atoms with Crippen LogP contribution in [0.4, 0.5) is 0 Å². The summed E-state index contributed by atoms with van der Waals surface area (Å²) in [7, 11) is 0. The molecule has 0 radical (unpaired) electrons. The van der Waals surface area contributed by atoms with Crippen LogP contribution in [0.3, 0.4) is 0 Å². The number of carboxylic acids is 1. The van der Waals surface area contributed by atoms with Gasteiger partial charge in [-0.2, -0.15) is 0 Å². The Labute approximate surface area is 182 Å². The number of carboxylic acid groups (broad SMARTS) is 1. The molecule has 0 bridgehead atoms. The predicted molar refractivity (Wildman–Crippen MR) is 117 cm³/mol. The zero-order chi connectivity index (χ0) is 24.1. The Morgan fingerprint density at radius 1 is 0.968 bits per heavy atom. The Balaban J connectivity index is 5.23. The van der Waals surface area contributed by atoms with Gasteiger partial charge in [-0.05, 0) is 31.1 Å². The maximum atomic E-state index is 12.8. The van der Waals surface area contributed by atoms with E-state index < -0.39 is 48.4 Å². The van der Waals surface area contributed by atoms with Gasteiger partial charge in [-0.3, -0.25) is 24.2 Å². The van der Waals surface area contributed by atoms with Crippen LogP contribution in [0.25, 0.3) is 0 Å². The van der Waals surface area contributed by atoms with Crippen molar-refractivity contribution in [2.75, 3.05) is 13.1 Å².